The van der Waals surface area contributed by atoms with Crippen LogP contribution in [0.3, 0.4) is 0 Å². The van der Waals surface area contributed by atoms with Crippen molar-refractivity contribution >= 4 is 11.7 Å². The number of fused-ring (bicyclic) bond motifs is 2. The first-order valence-electron chi connectivity index (χ1n) is 7.99. The zero-order chi connectivity index (χ0) is 15.0. The van der Waals surface area contributed by atoms with Crippen LogP contribution >= 0.6 is 0 Å². The van der Waals surface area contributed by atoms with Gasteiger partial charge in [-0.1, -0.05) is 6.42 Å². The van der Waals surface area contributed by atoms with E-state index in [1.54, 1.807) is 6.20 Å². The molecule has 4 heteroatoms. The molecule has 21 heavy (non-hydrogen) atoms. The predicted molar refractivity (Wildman–Crippen MR) is 84.4 cm³/mol. The van der Waals surface area contributed by atoms with Gasteiger partial charge in [0, 0.05) is 26.3 Å². The number of rotatable bonds is 4. The summed E-state index contributed by atoms with van der Waals surface area (Å²) < 4.78 is 0. The van der Waals surface area contributed by atoms with Crippen LogP contribution in [-0.2, 0) is 0 Å². The number of anilines is 1. The van der Waals surface area contributed by atoms with Gasteiger partial charge in [0.2, 0.25) is 0 Å². The first-order valence-corrected chi connectivity index (χ1v) is 7.99. The fourth-order valence-electron chi connectivity index (χ4n) is 4.09. The van der Waals surface area contributed by atoms with Crippen molar-refractivity contribution in [3.63, 3.8) is 0 Å². The van der Waals surface area contributed by atoms with Crippen LogP contribution in [0.5, 0.6) is 0 Å². The highest BCUT2D eigenvalue weighted by Gasteiger charge is 2.42. The maximum absolute atomic E-state index is 12.3. The van der Waals surface area contributed by atoms with E-state index >= 15 is 0 Å². The standard InChI is InChI=1S/C17H25N3O/c1-11(15-9-12-4-5-13(15)8-12)19-17(21)14-6-7-16(18-10-14)20(2)3/h6-7,10-13,15H,4-5,8-9H2,1-3H3,(H,19,21)/t11-,12+,13+,15+/m1/s1. The van der Waals surface area contributed by atoms with Gasteiger partial charge in [0.05, 0.1) is 5.56 Å². The van der Waals surface area contributed by atoms with Gasteiger partial charge in [0.15, 0.2) is 0 Å². The van der Waals surface area contributed by atoms with Crippen LogP contribution in [0.2, 0.25) is 0 Å². The maximum atomic E-state index is 12.3. The van der Waals surface area contributed by atoms with Gasteiger partial charge < -0.3 is 10.2 Å². The summed E-state index contributed by atoms with van der Waals surface area (Å²) in [6.07, 6.45) is 7.10. The molecular weight excluding hydrogens is 262 g/mol. The molecule has 2 aliphatic rings. The highest BCUT2D eigenvalue weighted by molar-refractivity contribution is 5.94. The lowest BCUT2D eigenvalue weighted by Gasteiger charge is -2.28. The molecule has 0 radical (unpaired) electrons. The topological polar surface area (TPSA) is 45.2 Å². The maximum Gasteiger partial charge on any atom is 0.253 e. The van der Waals surface area contributed by atoms with E-state index in [1.807, 2.05) is 31.1 Å². The molecule has 1 heterocycles. The van der Waals surface area contributed by atoms with Crippen LogP contribution in [0.15, 0.2) is 18.3 Å². The van der Waals surface area contributed by atoms with E-state index < -0.39 is 0 Å². The smallest absolute Gasteiger partial charge is 0.253 e. The molecule has 2 fully saturated rings. The summed E-state index contributed by atoms with van der Waals surface area (Å²) in [5.74, 6) is 3.29. The van der Waals surface area contributed by atoms with Gasteiger partial charge in [0.1, 0.15) is 5.82 Å². The summed E-state index contributed by atoms with van der Waals surface area (Å²) in [6.45, 7) is 2.16. The molecule has 0 aliphatic heterocycles. The summed E-state index contributed by atoms with van der Waals surface area (Å²) >= 11 is 0. The zero-order valence-electron chi connectivity index (χ0n) is 13.2. The number of hydrogen-bond donors (Lipinski definition) is 1. The van der Waals surface area contributed by atoms with Gasteiger partial charge in [-0.3, -0.25) is 4.79 Å². The molecular formula is C17H25N3O. The van der Waals surface area contributed by atoms with Crippen molar-refractivity contribution in [2.75, 3.05) is 19.0 Å². The highest BCUT2D eigenvalue weighted by Crippen LogP contribution is 2.49. The van der Waals surface area contributed by atoms with Crippen molar-refractivity contribution < 1.29 is 4.79 Å². The van der Waals surface area contributed by atoms with E-state index in [9.17, 15) is 4.79 Å². The van der Waals surface area contributed by atoms with Gasteiger partial charge in [-0.25, -0.2) is 4.98 Å². The van der Waals surface area contributed by atoms with Crippen LogP contribution in [-0.4, -0.2) is 31.0 Å². The van der Waals surface area contributed by atoms with Crippen molar-refractivity contribution in [2.24, 2.45) is 17.8 Å². The van der Waals surface area contributed by atoms with Crippen molar-refractivity contribution in [1.82, 2.24) is 10.3 Å². The van der Waals surface area contributed by atoms with Gasteiger partial charge in [-0.05, 0) is 56.1 Å². The molecule has 3 rings (SSSR count). The zero-order valence-corrected chi connectivity index (χ0v) is 13.2. The molecule has 1 aromatic rings. The lowest BCUT2D eigenvalue weighted by atomic mass is 9.84. The summed E-state index contributed by atoms with van der Waals surface area (Å²) in [7, 11) is 3.89. The third-order valence-electron chi connectivity index (χ3n) is 5.26. The first-order chi connectivity index (χ1) is 10.0. The molecule has 114 valence electrons. The molecule has 4 atom stereocenters. The van der Waals surface area contributed by atoms with E-state index in [2.05, 4.69) is 17.2 Å². The Labute approximate surface area is 126 Å². The Hall–Kier alpha value is -1.58. The van der Waals surface area contributed by atoms with Gasteiger partial charge >= 0.3 is 0 Å². The Balaban J connectivity index is 1.60. The SMILES string of the molecule is C[C@@H](NC(=O)c1ccc(N(C)C)nc1)[C@@H]1C[C@H]2CC[C@H]1C2. The molecule has 0 spiro atoms. The molecule has 0 saturated heterocycles. The van der Waals surface area contributed by atoms with Gasteiger partial charge in [-0.15, -0.1) is 0 Å². The molecule has 1 N–H and O–H groups in total. The van der Waals surface area contributed by atoms with Crippen LogP contribution in [0, 0.1) is 17.8 Å². The Morgan fingerprint density at radius 2 is 2.14 bits per heavy atom. The summed E-state index contributed by atoms with van der Waals surface area (Å²) in [5, 5.41) is 3.18. The van der Waals surface area contributed by atoms with Gasteiger partial charge in [0.25, 0.3) is 5.91 Å². The van der Waals surface area contributed by atoms with Crippen LogP contribution < -0.4 is 10.2 Å². The summed E-state index contributed by atoms with van der Waals surface area (Å²) in [6, 6.07) is 4.00. The fourth-order valence-corrected chi connectivity index (χ4v) is 4.09. The average Bonchev–Trinajstić information content (AvgIpc) is 3.10. The second kappa shape index (κ2) is 5.66. The van der Waals surface area contributed by atoms with Crippen molar-refractivity contribution in [1.29, 1.82) is 0 Å². The van der Waals surface area contributed by atoms with E-state index in [0.29, 0.717) is 11.5 Å². The number of carbonyl (C=O) groups excluding carboxylic acids is 1. The van der Waals surface area contributed by atoms with Gasteiger partial charge in [-0.2, -0.15) is 0 Å². The van der Waals surface area contributed by atoms with Crippen molar-refractivity contribution in [2.45, 2.75) is 38.6 Å². The van der Waals surface area contributed by atoms with E-state index in [1.165, 1.54) is 25.7 Å². The lowest BCUT2D eigenvalue weighted by molar-refractivity contribution is 0.0915. The molecule has 1 aromatic heterocycles. The van der Waals surface area contributed by atoms with Crippen molar-refractivity contribution in [3.05, 3.63) is 23.9 Å². The van der Waals surface area contributed by atoms with E-state index in [4.69, 9.17) is 0 Å². The number of carbonyl (C=O) groups is 1. The lowest BCUT2D eigenvalue weighted by Crippen LogP contribution is -2.40. The Bertz CT molecular complexity index is 511. The number of pyridine rings is 1. The predicted octanol–water partition coefficient (Wildman–Crippen LogP) is 2.70. The molecule has 2 saturated carbocycles. The molecule has 1 amide bonds. The normalized spacial score (nSPS) is 28.4. The number of nitrogens with zero attached hydrogens (tertiary/aromatic N) is 2. The molecule has 2 aliphatic carbocycles. The molecule has 0 unspecified atom stereocenters. The quantitative estimate of drug-likeness (QED) is 0.926. The Morgan fingerprint density at radius 3 is 2.67 bits per heavy atom. The number of amides is 1. The molecule has 4 nitrogen and oxygen atoms in total. The largest absolute Gasteiger partial charge is 0.363 e. The van der Waals surface area contributed by atoms with E-state index in [0.717, 1.165) is 17.7 Å². The third kappa shape index (κ3) is 2.89. The first kappa shape index (κ1) is 14.4. The molecule has 2 bridgehead atoms. The Kier molecular flexibility index (Phi) is 3.87. The molecule has 0 aromatic carbocycles. The van der Waals surface area contributed by atoms with Crippen molar-refractivity contribution in [3.8, 4) is 0 Å². The van der Waals surface area contributed by atoms with E-state index in [-0.39, 0.29) is 11.9 Å². The minimum atomic E-state index is 0.00285. The monoisotopic (exact) mass is 287 g/mol. The van der Waals surface area contributed by atoms with Crippen LogP contribution in [0.25, 0.3) is 0 Å². The number of hydrogen-bond acceptors (Lipinski definition) is 3. The fraction of sp³-hybridized carbons (Fsp3) is 0.647. The van der Waals surface area contributed by atoms with Crippen LogP contribution in [0.1, 0.15) is 43.0 Å². The number of nitrogens with one attached hydrogen (secondary N) is 1. The number of aromatic nitrogens is 1. The summed E-state index contributed by atoms with van der Waals surface area (Å²) in [4.78, 5) is 18.6. The average molecular weight is 287 g/mol. The second-order valence-corrected chi connectivity index (χ2v) is 6.90. The second-order valence-electron chi connectivity index (χ2n) is 6.90. The minimum absolute atomic E-state index is 0.00285. The Morgan fingerprint density at radius 1 is 1.33 bits per heavy atom. The van der Waals surface area contributed by atoms with Crippen LogP contribution in [0.4, 0.5) is 5.82 Å². The highest BCUT2D eigenvalue weighted by atomic mass is 16.1. The third-order valence-corrected chi connectivity index (χ3v) is 5.26. The minimum Gasteiger partial charge on any atom is -0.363 e. The summed E-state index contributed by atoms with van der Waals surface area (Å²) in [5.41, 5.74) is 0.649.